The van der Waals surface area contributed by atoms with Crippen LogP contribution in [0.1, 0.15) is 37.1 Å². The number of methoxy groups -OCH3 is 1. The second-order valence-corrected chi connectivity index (χ2v) is 5.41. The van der Waals surface area contributed by atoms with Crippen LogP contribution in [0.25, 0.3) is 5.69 Å². The minimum absolute atomic E-state index is 0.155. The first kappa shape index (κ1) is 14.4. The summed E-state index contributed by atoms with van der Waals surface area (Å²) in [5.41, 5.74) is 1.99. The second-order valence-electron chi connectivity index (χ2n) is 5.41. The molecule has 2 aromatic rings. The number of esters is 1. The Kier molecular flexibility index (Phi) is 3.48. The summed E-state index contributed by atoms with van der Waals surface area (Å²) >= 11 is 0. The molecule has 1 heterocycles. The van der Waals surface area contributed by atoms with Crippen LogP contribution in [0.5, 0.6) is 0 Å². The second kappa shape index (κ2) is 5.33. The van der Waals surface area contributed by atoms with Crippen molar-refractivity contribution in [2.75, 3.05) is 7.11 Å². The standard InChI is InChI=1S/C17H17NO4/c1-10-9-13(16(19)21-3)11(2)14-15(10)22-17(20)18(14)12-7-5-4-6-8-12/h4-11H,1-3H3/t10-,11-/m0/s1. The van der Waals surface area contributed by atoms with E-state index < -0.39 is 5.76 Å². The molecule has 1 aromatic carbocycles. The summed E-state index contributed by atoms with van der Waals surface area (Å²) in [5, 5.41) is 0. The number of oxazole rings is 1. The van der Waals surface area contributed by atoms with Crippen LogP contribution in [0.2, 0.25) is 0 Å². The van der Waals surface area contributed by atoms with Crippen LogP contribution in [-0.4, -0.2) is 17.6 Å². The smallest absolute Gasteiger partial charge is 0.424 e. The first-order chi connectivity index (χ1) is 10.5. The number of ether oxygens (including phenoxy) is 1. The van der Waals surface area contributed by atoms with Gasteiger partial charge in [0.25, 0.3) is 0 Å². The number of carbonyl (C=O) groups is 1. The van der Waals surface area contributed by atoms with E-state index in [2.05, 4.69) is 0 Å². The summed E-state index contributed by atoms with van der Waals surface area (Å²) < 4.78 is 11.8. The largest absolute Gasteiger partial charge is 0.466 e. The van der Waals surface area contributed by atoms with Gasteiger partial charge < -0.3 is 9.15 Å². The van der Waals surface area contributed by atoms with Gasteiger partial charge in [-0.25, -0.2) is 14.2 Å². The third-order valence-electron chi connectivity index (χ3n) is 4.03. The van der Waals surface area contributed by atoms with Gasteiger partial charge in [0.15, 0.2) is 0 Å². The molecular formula is C17H17NO4. The maximum absolute atomic E-state index is 12.3. The van der Waals surface area contributed by atoms with Crippen LogP contribution in [0.4, 0.5) is 0 Å². The lowest BCUT2D eigenvalue weighted by Gasteiger charge is -2.23. The highest BCUT2D eigenvalue weighted by Gasteiger charge is 2.34. The van der Waals surface area contributed by atoms with Gasteiger partial charge >= 0.3 is 11.7 Å². The molecular weight excluding hydrogens is 282 g/mol. The van der Waals surface area contributed by atoms with Crippen LogP contribution in [-0.2, 0) is 9.53 Å². The quantitative estimate of drug-likeness (QED) is 0.800. The maximum Gasteiger partial charge on any atom is 0.424 e. The zero-order valence-electron chi connectivity index (χ0n) is 12.7. The number of hydrogen-bond acceptors (Lipinski definition) is 4. The SMILES string of the molecule is COC(=O)C1=C[C@H](C)c2oc(=O)n(-c3ccccc3)c2[C@H]1C. The van der Waals surface area contributed by atoms with Gasteiger partial charge in [0.1, 0.15) is 5.76 Å². The zero-order chi connectivity index (χ0) is 15.9. The van der Waals surface area contributed by atoms with Gasteiger partial charge in [-0.2, -0.15) is 0 Å². The summed E-state index contributed by atoms with van der Waals surface area (Å²) in [6, 6.07) is 9.27. The monoisotopic (exact) mass is 299 g/mol. The fourth-order valence-electron chi connectivity index (χ4n) is 2.95. The molecule has 0 saturated carbocycles. The van der Waals surface area contributed by atoms with E-state index in [1.165, 1.54) is 11.7 Å². The van der Waals surface area contributed by atoms with Crippen molar-refractivity contribution in [2.24, 2.45) is 0 Å². The van der Waals surface area contributed by atoms with Gasteiger partial charge in [-0.1, -0.05) is 38.1 Å². The lowest BCUT2D eigenvalue weighted by Crippen LogP contribution is -2.22. The van der Waals surface area contributed by atoms with Crippen molar-refractivity contribution >= 4 is 5.97 Å². The van der Waals surface area contributed by atoms with Crippen molar-refractivity contribution in [3.63, 3.8) is 0 Å². The Morgan fingerprint density at radius 1 is 1.23 bits per heavy atom. The van der Waals surface area contributed by atoms with Gasteiger partial charge in [0.2, 0.25) is 0 Å². The summed E-state index contributed by atoms with van der Waals surface area (Å²) in [4.78, 5) is 24.3. The topological polar surface area (TPSA) is 61.4 Å². The van der Waals surface area contributed by atoms with E-state index in [-0.39, 0.29) is 17.8 Å². The summed E-state index contributed by atoms with van der Waals surface area (Å²) in [7, 11) is 1.36. The van der Waals surface area contributed by atoms with Crippen LogP contribution < -0.4 is 5.76 Å². The zero-order valence-corrected chi connectivity index (χ0v) is 12.7. The Morgan fingerprint density at radius 2 is 1.91 bits per heavy atom. The summed E-state index contributed by atoms with van der Waals surface area (Å²) in [6.07, 6.45) is 1.80. The van der Waals surface area contributed by atoms with E-state index >= 15 is 0 Å². The average molecular weight is 299 g/mol. The molecule has 0 unspecified atom stereocenters. The first-order valence-corrected chi connectivity index (χ1v) is 7.15. The molecule has 1 aromatic heterocycles. The Morgan fingerprint density at radius 3 is 2.55 bits per heavy atom. The highest BCUT2D eigenvalue weighted by molar-refractivity contribution is 5.90. The predicted molar refractivity (Wildman–Crippen MR) is 81.2 cm³/mol. The third-order valence-corrected chi connectivity index (χ3v) is 4.03. The van der Waals surface area contributed by atoms with E-state index in [4.69, 9.17) is 9.15 Å². The molecule has 3 rings (SSSR count). The molecule has 114 valence electrons. The van der Waals surface area contributed by atoms with Crippen molar-refractivity contribution < 1.29 is 13.9 Å². The van der Waals surface area contributed by atoms with Crippen molar-refractivity contribution in [1.29, 1.82) is 0 Å². The molecule has 0 saturated heterocycles. The molecule has 0 N–H and O–H groups in total. The van der Waals surface area contributed by atoms with E-state index in [1.807, 2.05) is 44.2 Å². The van der Waals surface area contributed by atoms with E-state index in [0.29, 0.717) is 17.0 Å². The number of para-hydroxylation sites is 1. The maximum atomic E-state index is 12.3. The Hall–Kier alpha value is -2.56. The van der Waals surface area contributed by atoms with Crippen molar-refractivity contribution in [2.45, 2.75) is 25.7 Å². The lowest BCUT2D eigenvalue weighted by molar-refractivity contribution is -0.136. The molecule has 22 heavy (non-hydrogen) atoms. The third kappa shape index (κ3) is 2.09. The number of aromatic nitrogens is 1. The van der Waals surface area contributed by atoms with E-state index in [0.717, 1.165) is 5.69 Å². The molecule has 0 radical (unpaired) electrons. The summed E-state index contributed by atoms with van der Waals surface area (Å²) in [6.45, 7) is 3.77. The number of fused-ring (bicyclic) bond motifs is 1. The molecule has 0 fully saturated rings. The molecule has 5 nitrogen and oxygen atoms in total. The fraction of sp³-hybridized carbons (Fsp3) is 0.294. The van der Waals surface area contributed by atoms with Crippen molar-refractivity contribution in [3.8, 4) is 5.69 Å². The number of hydrogen-bond donors (Lipinski definition) is 0. The molecule has 1 aliphatic rings. The molecule has 1 aliphatic carbocycles. The number of carbonyl (C=O) groups excluding carboxylic acids is 1. The highest BCUT2D eigenvalue weighted by Crippen LogP contribution is 2.38. The van der Waals surface area contributed by atoms with Crippen LogP contribution in [0.3, 0.4) is 0 Å². The van der Waals surface area contributed by atoms with Gasteiger partial charge in [-0.3, -0.25) is 0 Å². The van der Waals surface area contributed by atoms with E-state index in [1.54, 1.807) is 6.08 Å². The van der Waals surface area contributed by atoms with Crippen LogP contribution in [0, 0.1) is 0 Å². The van der Waals surface area contributed by atoms with E-state index in [9.17, 15) is 9.59 Å². The van der Waals surface area contributed by atoms with Gasteiger partial charge in [0, 0.05) is 17.4 Å². The van der Waals surface area contributed by atoms with Crippen molar-refractivity contribution in [3.05, 3.63) is 64.0 Å². The Balaban J connectivity index is 2.21. The molecule has 0 spiro atoms. The molecule has 0 aliphatic heterocycles. The molecule has 0 bridgehead atoms. The number of allylic oxidation sites excluding steroid dienone is 1. The summed E-state index contributed by atoms with van der Waals surface area (Å²) in [5.74, 6) is -0.634. The average Bonchev–Trinajstić information content (AvgIpc) is 2.89. The number of nitrogens with zero attached hydrogens (tertiary/aromatic N) is 1. The molecule has 2 atom stereocenters. The van der Waals surface area contributed by atoms with Crippen LogP contribution >= 0.6 is 0 Å². The number of benzene rings is 1. The Bertz CT molecular complexity index is 798. The lowest BCUT2D eigenvalue weighted by atomic mass is 9.85. The van der Waals surface area contributed by atoms with Crippen LogP contribution in [0.15, 0.2) is 51.2 Å². The fourth-order valence-corrected chi connectivity index (χ4v) is 2.95. The van der Waals surface area contributed by atoms with Gasteiger partial charge in [0.05, 0.1) is 18.5 Å². The normalized spacial score (nSPS) is 20.2. The van der Waals surface area contributed by atoms with Crippen molar-refractivity contribution in [1.82, 2.24) is 4.57 Å². The minimum atomic E-state index is -0.436. The molecule has 5 heteroatoms. The predicted octanol–water partition coefficient (Wildman–Crippen LogP) is 2.75. The molecule has 0 amide bonds. The number of rotatable bonds is 2. The highest BCUT2D eigenvalue weighted by atomic mass is 16.5. The van der Waals surface area contributed by atoms with Gasteiger partial charge in [-0.15, -0.1) is 0 Å². The minimum Gasteiger partial charge on any atom is -0.466 e. The van der Waals surface area contributed by atoms with Gasteiger partial charge in [-0.05, 0) is 12.1 Å². The first-order valence-electron chi connectivity index (χ1n) is 7.15. The Labute approximate surface area is 127 Å².